The number of nitrogens with zero attached hydrogens (tertiary/aromatic N) is 4. The zero-order valence-electron chi connectivity index (χ0n) is 42.7. The van der Waals surface area contributed by atoms with Crippen LogP contribution in [-0.2, 0) is 0 Å². The summed E-state index contributed by atoms with van der Waals surface area (Å²) in [6.45, 7) is 8.82. The van der Waals surface area contributed by atoms with E-state index < -0.39 is 0 Å². The van der Waals surface area contributed by atoms with E-state index in [0.717, 1.165) is 11.4 Å². The predicted molar refractivity (Wildman–Crippen MR) is 324 cm³/mol. The van der Waals surface area contributed by atoms with Crippen molar-refractivity contribution in [3.8, 4) is 33.6 Å². The van der Waals surface area contributed by atoms with Gasteiger partial charge in [-0.3, -0.25) is 0 Å². The molecule has 0 bridgehead atoms. The van der Waals surface area contributed by atoms with E-state index in [9.17, 15) is 0 Å². The molecular weight excluding hydrogens is 918 g/mol. The van der Waals surface area contributed by atoms with Crippen molar-refractivity contribution >= 4 is 124 Å². The lowest BCUT2D eigenvalue weighted by atomic mass is 9.30. The molecule has 0 amide bonds. The largest absolute Gasteiger partial charge is 0.311 e. The van der Waals surface area contributed by atoms with E-state index in [1.807, 2.05) is 0 Å². The van der Waals surface area contributed by atoms with Crippen molar-refractivity contribution in [3.05, 3.63) is 241 Å². The Hall–Kier alpha value is -9.25. The average Bonchev–Trinajstić information content (AvgIpc) is 4.16. The topological polar surface area (TPSA) is 16.3 Å². The maximum Gasteiger partial charge on any atom is 0.252 e. The lowest BCUT2D eigenvalue weighted by Gasteiger charge is -2.44. The van der Waals surface area contributed by atoms with Crippen molar-refractivity contribution in [3.63, 3.8) is 0 Å². The van der Waals surface area contributed by atoms with Gasteiger partial charge < -0.3 is 18.9 Å². The van der Waals surface area contributed by atoms with E-state index in [4.69, 9.17) is 0 Å². The molecule has 0 aliphatic carbocycles. The summed E-state index contributed by atoms with van der Waals surface area (Å²) in [6, 6.07) is 83.6. The molecule has 0 unspecified atom stereocenters. The molecule has 11 aromatic carbocycles. The SMILES string of the molecule is Cc1ccc(-c2cc3c4c(c2)-n2c5ccccc5c5cccc(c52)B4c2cc4c(cc2N3c2ccccc2)N(c2ccccc2)c2cc(-c3ccc(C)cc3C)cc3c2B4c2cccc4c5ccccc5n-3c24)c(C)c1. The number of hydrogen-bond acceptors (Lipinski definition) is 2. The molecule has 6 heteroatoms. The number of rotatable bonds is 4. The Labute approximate surface area is 442 Å². The summed E-state index contributed by atoms with van der Waals surface area (Å²) >= 11 is 0. The Morgan fingerprint density at radius 2 is 0.711 bits per heavy atom. The van der Waals surface area contributed by atoms with Crippen molar-refractivity contribution in [1.29, 1.82) is 0 Å². The van der Waals surface area contributed by atoms with Gasteiger partial charge in [0, 0.05) is 78.1 Å². The molecule has 0 radical (unpaired) electrons. The molecule has 0 saturated carbocycles. The molecule has 0 saturated heterocycles. The van der Waals surface area contributed by atoms with Crippen LogP contribution in [-0.4, -0.2) is 22.6 Å². The van der Waals surface area contributed by atoms with E-state index >= 15 is 0 Å². The van der Waals surface area contributed by atoms with Gasteiger partial charge in [-0.2, -0.15) is 0 Å². The van der Waals surface area contributed by atoms with Gasteiger partial charge in [-0.15, -0.1) is 0 Å². The van der Waals surface area contributed by atoms with Crippen LogP contribution in [0.1, 0.15) is 22.3 Å². The van der Waals surface area contributed by atoms with Crippen molar-refractivity contribution < 1.29 is 0 Å². The maximum atomic E-state index is 2.66. The fraction of sp³-hybridized carbons (Fsp3) is 0.0571. The van der Waals surface area contributed by atoms with Gasteiger partial charge in [0.2, 0.25) is 0 Å². The molecular formula is C70H48B2N4. The Kier molecular flexibility index (Phi) is 8.42. The van der Waals surface area contributed by atoms with Gasteiger partial charge in [0.15, 0.2) is 0 Å². The van der Waals surface area contributed by atoms with Crippen LogP contribution < -0.4 is 42.6 Å². The normalized spacial score (nSPS) is 13.4. The minimum Gasteiger partial charge on any atom is -0.311 e. The standard InChI is InChI=1S/C70H48B2N4/c1-41-29-31-49(43(3)33-41)45-35-63-67-65(37-45)75-59-27-13-11-21-51(59)53-23-15-25-55(69(53)75)71(67)57-39-58-62(40-61(57)73(63)47-17-7-5-8-18-47)74(48-19-9-6-10-20-48)64-36-46(50-32-30-42(2)34-44(50)4)38-66-68(64)72(58)56-26-16-24-54-52-22-12-14-28-60(52)76(66)70(54)56/h5-40H,1-4H3. The molecule has 0 atom stereocenters. The number of para-hydroxylation sites is 6. The lowest BCUT2D eigenvalue weighted by Crippen LogP contribution is -2.64. The van der Waals surface area contributed by atoms with Gasteiger partial charge in [0.05, 0.1) is 11.0 Å². The molecule has 4 nitrogen and oxygen atoms in total. The highest BCUT2D eigenvalue weighted by atomic mass is 15.2. The summed E-state index contributed by atoms with van der Waals surface area (Å²) in [6.07, 6.45) is 0. The van der Waals surface area contributed by atoms with E-state index in [1.165, 1.54) is 155 Å². The first-order valence-corrected chi connectivity index (χ1v) is 26.8. The summed E-state index contributed by atoms with van der Waals surface area (Å²) < 4.78 is 5.20. The highest BCUT2D eigenvalue weighted by Gasteiger charge is 2.47. The highest BCUT2D eigenvalue weighted by molar-refractivity contribution is 7.03. The van der Waals surface area contributed by atoms with Gasteiger partial charge in [0.25, 0.3) is 13.4 Å². The van der Waals surface area contributed by atoms with Crippen molar-refractivity contribution in [2.24, 2.45) is 0 Å². The van der Waals surface area contributed by atoms with Crippen molar-refractivity contribution in [2.75, 3.05) is 9.80 Å². The maximum absolute atomic E-state index is 2.66. The molecule has 17 rings (SSSR count). The number of fused-ring (bicyclic) bond motifs is 14. The first-order chi connectivity index (χ1) is 37.4. The average molecular weight is 967 g/mol. The number of hydrogen-bond donors (Lipinski definition) is 0. The smallest absolute Gasteiger partial charge is 0.252 e. The molecule has 6 heterocycles. The highest BCUT2D eigenvalue weighted by Crippen LogP contribution is 2.48. The molecule has 0 N–H and O–H groups in total. The van der Waals surface area contributed by atoms with Gasteiger partial charge in [-0.1, -0.05) is 163 Å². The van der Waals surface area contributed by atoms with Crippen LogP contribution >= 0.6 is 0 Å². The fourth-order valence-electron chi connectivity index (χ4n) is 14.6. The molecule has 76 heavy (non-hydrogen) atoms. The van der Waals surface area contributed by atoms with E-state index in [2.05, 4.69) is 265 Å². The first kappa shape index (κ1) is 42.1. The van der Waals surface area contributed by atoms with E-state index in [1.54, 1.807) is 0 Å². The Morgan fingerprint density at radius 3 is 1.16 bits per heavy atom. The van der Waals surface area contributed by atoms with Crippen molar-refractivity contribution in [2.45, 2.75) is 27.7 Å². The second-order valence-corrected chi connectivity index (χ2v) is 21.9. The van der Waals surface area contributed by atoms with Gasteiger partial charge in [-0.25, -0.2) is 0 Å². The number of benzene rings is 11. The summed E-state index contributed by atoms with van der Waals surface area (Å²) in [4.78, 5) is 5.20. The van der Waals surface area contributed by atoms with Crippen LogP contribution in [0.15, 0.2) is 218 Å². The van der Waals surface area contributed by atoms with Crippen LogP contribution in [0.3, 0.4) is 0 Å². The lowest BCUT2D eigenvalue weighted by molar-refractivity contribution is 1.17. The quantitative estimate of drug-likeness (QED) is 0.163. The van der Waals surface area contributed by atoms with Crippen LogP contribution in [0.4, 0.5) is 34.1 Å². The fourth-order valence-corrected chi connectivity index (χ4v) is 14.6. The summed E-state index contributed by atoms with van der Waals surface area (Å²) in [5, 5.41) is 5.15. The minimum absolute atomic E-state index is 0.0531. The third kappa shape index (κ3) is 5.50. The molecule has 4 aliphatic heterocycles. The molecule has 4 aliphatic rings. The van der Waals surface area contributed by atoms with Crippen LogP contribution in [0, 0.1) is 27.7 Å². The van der Waals surface area contributed by atoms with Crippen LogP contribution in [0.5, 0.6) is 0 Å². The Bertz CT molecular complexity index is 4420. The molecule has 13 aromatic rings. The summed E-state index contributed by atoms with van der Waals surface area (Å²) in [5.41, 5.74) is 32.7. The zero-order valence-corrected chi connectivity index (χ0v) is 42.7. The predicted octanol–water partition coefficient (Wildman–Crippen LogP) is 13.7. The first-order valence-electron chi connectivity index (χ1n) is 26.8. The van der Waals surface area contributed by atoms with Gasteiger partial charge in [0.1, 0.15) is 0 Å². The second kappa shape index (κ2) is 15.2. The molecule has 2 aromatic heterocycles. The molecule has 0 fully saturated rings. The van der Waals surface area contributed by atoms with Crippen molar-refractivity contribution in [1.82, 2.24) is 9.13 Å². The molecule has 354 valence electrons. The Morgan fingerprint density at radius 1 is 0.303 bits per heavy atom. The second-order valence-electron chi connectivity index (χ2n) is 21.9. The number of aryl methyl sites for hydroxylation is 4. The van der Waals surface area contributed by atoms with Gasteiger partial charge >= 0.3 is 0 Å². The third-order valence-corrected chi connectivity index (χ3v) is 17.6. The number of anilines is 6. The summed E-state index contributed by atoms with van der Waals surface area (Å²) in [7, 11) is 0. The zero-order chi connectivity index (χ0) is 50.2. The van der Waals surface area contributed by atoms with E-state index in [-0.39, 0.29) is 13.4 Å². The number of aromatic nitrogens is 2. The third-order valence-electron chi connectivity index (χ3n) is 17.6. The molecule has 0 spiro atoms. The summed E-state index contributed by atoms with van der Waals surface area (Å²) in [5.74, 6) is 0. The monoisotopic (exact) mass is 966 g/mol. The van der Waals surface area contributed by atoms with Gasteiger partial charge in [-0.05, 0) is 161 Å². The van der Waals surface area contributed by atoms with E-state index in [0.29, 0.717) is 0 Å². The van der Waals surface area contributed by atoms with Crippen LogP contribution in [0.25, 0.3) is 77.2 Å². The Balaban J connectivity index is 1.04. The van der Waals surface area contributed by atoms with Crippen LogP contribution in [0.2, 0.25) is 0 Å². The minimum atomic E-state index is -0.0531.